The Balaban J connectivity index is 1.91. The third-order valence-electron chi connectivity index (χ3n) is 3.14. The minimum atomic E-state index is -4.54. The summed E-state index contributed by atoms with van der Waals surface area (Å²) >= 11 is 7.99. The molecule has 2 aromatic rings. The van der Waals surface area contributed by atoms with E-state index in [1.165, 1.54) is 0 Å². The molecule has 1 heterocycles. The van der Waals surface area contributed by atoms with E-state index in [4.69, 9.17) is 11.6 Å². The SMILES string of the molecule is CC(C)CC(=O)Nc1nnc(SCC(=O)Nc2cc(C(F)(F)F)ccc2Cl)s1. The number of rotatable bonds is 7. The van der Waals surface area contributed by atoms with Crippen molar-refractivity contribution in [3.05, 3.63) is 28.8 Å². The quantitative estimate of drug-likeness (QED) is 0.460. The minimum absolute atomic E-state index is 0.00239. The molecule has 0 radical (unpaired) electrons. The number of carbonyl (C=O) groups excluding carboxylic acids is 2. The average Bonchev–Trinajstić information content (AvgIpc) is 3.00. The Morgan fingerprint density at radius 1 is 1.21 bits per heavy atom. The van der Waals surface area contributed by atoms with Crippen LogP contribution in [0, 0.1) is 5.92 Å². The molecule has 0 saturated heterocycles. The maximum absolute atomic E-state index is 12.8. The zero-order valence-electron chi connectivity index (χ0n) is 14.8. The number of nitrogens with one attached hydrogen (secondary N) is 2. The third-order valence-corrected chi connectivity index (χ3v) is 5.44. The Labute approximate surface area is 172 Å². The van der Waals surface area contributed by atoms with Gasteiger partial charge in [-0.05, 0) is 24.1 Å². The van der Waals surface area contributed by atoms with Gasteiger partial charge in [0.05, 0.1) is 22.0 Å². The van der Waals surface area contributed by atoms with Crippen LogP contribution < -0.4 is 10.6 Å². The first-order valence-electron chi connectivity index (χ1n) is 7.97. The van der Waals surface area contributed by atoms with E-state index in [-0.39, 0.29) is 28.3 Å². The van der Waals surface area contributed by atoms with E-state index in [0.29, 0.717) is 15.9 Å². The van der Waals surface area contributed by atoms with Gasteiger partial charge >= 0.3 is 6.18 Å². The fraction of sp³-hybridized carbons (Fsp3) is 0.375. The lowest BCUT2D eigenvalue weighted by Crippen LogP contribution is -2.15. The van der Waals surface area contributed by atoms with Gasteiger partial charge in [-0.15, -0.1) is 10.2 Å². The van der Waals surface area contributed by atoms with E-state index in [9.17, 15) is 22.8 Å². The largest absolute Gasteiger partial charge is 0.416 e. The van der Waals surface area contributed by atoms with Crippen LogP contribution in [0.25, 0.3) is 0 Å². The lowest BCUT2D eigenvalue weighted by molar-refractivity contribution is -0.137. The number of benzene rings is 1. The molecule has 28 heavy (non-hydrogen) atoms. The Bertz CT molecular complexity index is 859. The number of anilines is 2. The summed E-state index contributed by atoms with van der Waals surface area (Å²) in [4.78, 5) is 23.7. The van der Waals surface area contributed by atoms with Gasteiger partial charge in [0.15, 0.2) is 4.34 Å². The highest BCUT2D eigenvalue weighted by Crippen LogP contribution is 2.34. The molecular formula is C16H16ClF3N4O2S2. The maximum atomic E-state index is 12.8. The summed E-state index contributed by atoms with van der Waals surface area (Å²) in [6.45, 7) is 3.83. The van der Waals surface area contributed by atoms with Crippen LogP contribution in [0.4, 0.5) is 24.0 Å². The first kappa shape index (κ1) is 22.4. The van der Waals surface area contributed by atoms with E-state index < -0.39 is 17.6 Å². The molecule has 0 unspecified atom stereocenters. The van der Waals surface area contributed by atoms with Crippen LogP contribution >= 0.6 is 34.7 Å². The number of aromatic nitrogens is 2. The molecule has 0 atom stereocenters. The smallest absolute Gasteiger partial charge is 0.324 e. The molecule has 152 valence electrons. The molecule has 0 aliphatic carbocycles. The first-order valence-corrected chi connectivity index (χ1v) is 10.2. The molecular weight excluding hydrogens is 437 g/mol. The van der Waals surface area contributed by atoms with Crippen LogP contribution in [0.15, 0.2) is 22.5 Å². The summed E-state index contributed by atoms with van der Waals surface area (Å²) in [5.74, 6) is -0.638. The number of alkyl halides is 3. The zero-order valence-corrected chi connectivity index (χ0v) is 17.2. The molecule has 0 spiro atoms. The van der Waals surface area contributed by atoms with Gasteiger partial charge in [-0.1, -0.05) is 48.5 Å². The fourth-order valence-electron chi connectivity index (χ4n) is 1.97. The van der Waals surface area contributed by atoms with Crippen molar-refractivity contribution in [3.8, 4) is 0 Å². The zero-order chi connectivity index (χ0) is 20.9. The van der Waals surface area contributed by atoms with Gasteiger partial charge in [0.2, 0.25) is 16.9 Å². The second kappa shape index (κ2) is 9.57. The summed E-state index contributed by atoms with van der Waals surface area (Å²) in [5, 5.41) is 12.9. The van der Waals surface area contributed by atoms with Crippen LogP contribution in [-0.2, 0) is 15.8 Å². The normalized spacial score (nSPS) is 11.5. The topological polar surface area (TPSA) is 84.0 Å². The van der Waals surface area contributed by atoms with Crippen molar-refractivity contribution in [1.29, 1.82) is 0 Å². The Morgan fingerprint density at radius 2 is 1.93 bits per heavy atom. The van der Waals surface area contributed by atoms with Crippen molar-refractivity contribution in [2.45, 2.75) is 30.8 Å². The highest BCUT2D eigenvalue weighted by Gasteiger charge is 2.31. The van der Waals surface area contributed by atoms with Crippen LogP contribution in [0.1, 0.15) is 25.8 Å². The van der Waals surface area contributed by atoms with E-state index in [1.54, 1.807) is 0 Å². The third kappa shape index (κ3) is 6.95. The molecule has 0 aliphatic heterocycles. The van der Waals surface area contributed by atoms with Gasteiger partial charge in [-0.25, -0.2) is 0 Å². The second-order valence-corrected chi connectivity index (χ2v) is 8.66. The van der Waals surface area contributed by atoms with E-state index in [2.05, 4.69) is 20.8 Å². The first-order chi connectivity index (χ1) is 13.0. The molecule has 0 bridgehead atoms. The van der Waals surface area contributed by atoms with Gasteiger partial charge in [0, 0.05) is 6.42 Å². The van der Waals surface area contributed by atoms with Crippen molar-refractivity contribution < 1.29 is 22.8 Å². The second-order valence-electron chi connectivity index (χ2n) is 6.05. The lowest BCUT2D eigenvalue weighted by atomic mass is 10.1. The van der Waals surface area contributed by atoms with Crippen LogP contribution in [-0.4, -0.2) is 27.8 Å². The number of carbonyl (C=O) groups is 2. The van der Waals surface area contributed by atoms with E-state index >= 15 is 0 Å². The molecule has 0 fully saturated rings. The molecule has 1 aromatic heterocycles. The molecule has 0 aliphatic rings. The van der Waals surface area contributed by atoms with Crippen molar-refractivity contribution >= 4 is 57.3 Å². The fourth-order valence-corrected chi connectivity index (χ4v) is 3.70. The standard InChI is InChI=1S/C16H16ClF3N4O2S2/c1-8(2)5-12(25)22-14-23-24-15(28-14)27-7-13(26)21-11-6-9(16(18,19)20)3-4-10(11)17/h3-4,6,8H,5,7H2,1-2H3,(H,21,26)(H,22,23,25). The average molecular weight is 453 g/mol. The van der Waals surface area contributed by atoms with Crippen LogP contribution in [0.5, 0.6) is 0 Å². The monoisotopic (exact) mass is 452 g/mol. The highest BCUT2D eigenvalue weighted by molar-refractivity contribution is 8.01. The Hall–Kier alpha value is -1.85. The van der Waals surface area contributed by atoms with Crippen LogP contribution in [0.2, 0.25) is 5.02 Å². The Morgan fingerprint density at radius 3 is 2.57 bits per heavy atom. The molecule has 6 nitrogen and oxygen atoms in total. The summed E-state index contributed by atoms with van der Waals surface area (Å²) in [6.07, 6.45) is -4.19. The van der Waals surface area contributed by atoms with Crippen molar-refractivity contribution in [2.24, 2.45) is 5.92 Å². The molecule has 0 saturated carbocycles. The van der Waals surface area contributed by atoms with Gasteiger partial charge in [0.1, 0.15) is 0 Å². The minimum Gasteiger partial charge on any atom is -0.324 e. The Kier molecular flexibility index (Phi) is 7.67. The number of hydrogen-bond acceptors (Lipinski definition) is 6. The van der Waals surface area contributed by atoms with Crippen LogP contribution in [0.3, 0.4) is 0 Å². The number of amides is 2. The lowest BCUT2D eigenvalue weighted by Gasteiger charge is -2.11. The summed E-state index contributed by atoms with van der Waals surface area (Å²) in [6, 6.07) is 2.69. The summed E-state index contributed by atoms with van der Waals surface area (Å²) in [5.41, 5.74) is -1.04. The molecule has 12 heteroatoms. The highest BCUT2D eigenvalue weighted by atomic mass is 35.5. The van der Waals surface area contributed by atoms with Gasteiger partial charge < -0.3 is 10.6 Å². The molecule has 2 amide bonds. The van der Waals surface area contributed by atoms with Gasteiger partial charge in [-0.3, -0.25) is 9.59 Å². The molecule has 2 rings (SSSR count). The number of hydrogen-bond donors (Lipinski definition) is 2. The number of thioether (sulfide) groups is 1. The van der Waals surface area contributed by atoms with Crippen molar-refractivity contribution in [3.63, 3.8) is 0 Å². The van der Waals surface area contributed by atoms with E-state index in [1.807, 2.05) is 13.8 Å². The summed E-state index contributed by atoms with van der Waals surface area (Å²) in [7, 11) is 0. The predicted molar refractivity (Wildman–Crippen MR) is 104 cm³/mol. The number of nitrogens with zero attached hydrogens (tertiary/aromatic N) is 2. The molecule has 2 N–H and O–H groups in total. The molecule has 1 aromatic carbocycles. The summed E-state index contributed by atoms with van der Waals surface area (Å²) < 4.78 is 38.7. The van der Waals surface area contributed by atoms with Crippen molar-refractivity contribution in [1.82, 2.24) is 10.2 Å². The van der Waals surface area contributed by atoms with Gasteiger partial charge in [-0.2, -0.15) is 13.2 Å². The predicted octanol–water partition coefficient (Wildman–Crippen LogP) is 4.93. The van der Waals surface area contributed by atoms with Crippen molar-refractivity contribution in [2.75, 3.05) is 16.4 Å². The number of halogens is 4. The maximum Gasteiger partial charge on any atom is 0.416 e. The van der Waals surface area contributed by atoms with E-state index in [0.717, 1.165) is 41.3 Å². The van der Waals surface area contributed by atoms with Gasteiger partial charge in [0.25, 0.3) is 0 Å².